The molecular formula is C19H15FN2O2S. The summed E-state index contributed by atoms with van der Waals surface area (Å²) in [7, 11) is 0. The van der Waals surface area contributed by atoms with Crippen LogP contribution in [-0.4, -0.2) is 23.5 Å². The maximum atomic E-state index is 13.1. The van der Waals surface area contributed by atoms with Crippen LogP contribution < -0.4 is 9.64 Å². The minimum absolute atomic E-state index is 0.0808. The number of hydrogen-bond donors (Lipinski definition) is 0. The highest BCUT2D eigenvalue weighted by Crippen LogP contribution is 2.34. The molecule has 2 aromatic heterocycles. The Morgan fingerprint density at radius 2 is 2.04 bits per heavy atom. The molecule has 0 spiro atoms. The molecule has 1 amide bonds. The number of fused-ring (bicyclic) bond motifs is 1. The molecule has 4 rings (SSSR count). The predicted molar refractivity (Wildman–Crippen MR) is 95.7 cm³/mol. The molecular weight excluding hydrogens is 339 g/mol. The Balaban J connectivity index is 1.65. The number of carbonyl (C=O) groups excluding carboxylic acids is 1. The molecule has 126 valence electrons. The Kier molecular flexibility index (Phi) is 3.97. The number of anilines is 1. The lowest BCUT2D eigenvalue weighted by Crippen LogP contribution is -2.42. The summed E-state index contributed by atoms with van der Waals surface area (Å²) in [6.45, 7) is 2.39. The van der Waals surface area contributed by atoms with Crippen LogP contribution in [0.2, 0.25) is 0 Å². The highest BCUT2D eigenvalue weighted by atomic mass is 32.1. The van der Waals surface area contributed by atoms with Crippen LogP contribution in [0.15, 0.2) is 54.7 Å². The van der Waals surface area contributed by atoms with Gasteiger partial charge < -0.3 is 4.74 Å². The average molecular weight is 354 g/mol. The van der Waals surface area contributed by atoms with Gasteiger partial charge in [0.05, 0.1) is 11.4 Å². The number of thiophene rings is 1. The van der Waals surface area contributed by atoms with Crippen molar-refractivity contribution in [1.82, 2.24) is 4.98 Å². The molecule has 4 nitrogen and oxygen atoms in total. The molecule has 0 aliphatic carbocycles. The predicted octanol–water partition coefficient (Wildman–Crippen LogP) is 4.38. The Morgan fingerprint density at radius 3 is 2.84 bits per heavy atom. The van der Waals surface area contributed by atoms with E-state index in [0.717, 1.165) is 10.4 Å². The van der Waals surface area contributed by atoms with E-state index in [4.69, 9.17) is 4.74 Å². The largest absolute Gasteiger partial charge is 0.471 e. The van der Waals surface area contributed by atoms with Gasteiger partial charge in [-0.2, -0.15) is 0 Å². The standard InChI is InChI=1S/C19H15FN2O2S/c1-12-11-22(15-3-2-10-21-18(15)24-12)19(23)17-9-8-16(25-17)13-4-6-14(20)7-5-13/h2-10,12H,11H2,1H3/t12-/m0/s1. The summed E-state index contributed by atoms with van der Waals surface area (Å²) in [5.74, 6) is 0.121. The number of rotatable bonds is 2. The molecule has 3 heterocycles. The van der Waals surface area contributed by atoms with Gasteiger partial charge in [0.2, 0.25) is 5.88 Å². The second kappa shape index (κ2) is 6.29. The zero-order valence-corrected chi connectivity index (χ0v) is 14.3. The minimum atomic E-state index is -0.275. The van der Waals surface area contributed by atoms with E-state index in [1.807, 2.05) is 25.1 Å². The number of amides is 1. The van der Waals surface area contributed by atoms with Crippen LogP contribution in [0.4, 0.5) is 10.1 Å². The SMILES string of the molecule is C[C@H]1CN(C(=O)c2ccc(-c3ccc(F)cc3)s2)c2cccnc2O1. The fraction of sp³-hybridized carbons (Fsp3) is 0.158. The van der Waals surface area contributed by atoms with Crippen molar-refractivity contribution < 1.29 is 13.9 Å². The number of pyridine rings is 1. The third kappa shape index (κ3) is 3.00. The fourth-order valence-corrected chi connectivity index (χ4v) is 3.77. The second-order valence-electron chi connectivity index (χ2n) is 5.84. The van der Waals surface area contributed by atoms with Gasteiger partial charge in [0.25, 0.3) is 5.91 Å². The van der Waals surface area contributed by atoms with Gasteiger partial charge in [-0.15, -0.1) is 11.3 Å². The molecule has 0 N–H and O–H groups in total. The molecule has 0 saturated carbocycles. The third-order valence-electron chi connectivity index (χ3n) is 3.99. The highest BCUT2D eigenvalue weighted by molar-refractivity contribution is 7.17. The molecule has 0 fully saturated rings. The molecule has 0 radical (unpaired) electrons. The molecule has 1 aliphatic rings. The summed E-state index contributed by atoms with van der Waals surface area (Å²) >= 11 is 1.39. The second-order valence-corrected chi connectivity index (χ2v) is 6.93. The number of hydrogen-bond acceptors (Lipinski definition) is 4. The number of ether oxygens (including phenoxy) is 1. The third-order valence-corrected chi connectivity index (χ3v) is 5.11. The summed E-state index contributed by atoms with van der Waals surface area (Å²) in [6.07, 6.45) is 1.53. The van der Waals surface area contributed by atoms with E-state index in [9.17, 15) is 9.18 Å². The number of carbonyl (C=O) groups is 1. The van der Waals surface area contributed by atoms with E-state index in [-0.39, 0.29) is 17.8 Å². The van der Waals surface area contributed by atoms with E-state index >= 15 is 0 Å². The van der Waals surface area contributed by atoms with E-state index in [0.29, 0.717) is 23.0 Å². The molecule has 0 bridgehead atoms. The molecule has 0 saturated heterocycles. The first-order valence-corrected chi connectivity index (χ1v) is 8.73. The first kappa shape index (κ1) is 15.8. The summed E-state index contributed by atoms with van der Waals surface area (Å²) in [6, 6.07) is 13.6. The molecule has 1 aromatic carbocycles. The number of nitrogens with zero attached hydrogens (tertiary/aromatic N) is 2. The lowest BCUT2D eigenvalue weighted by Gasteiger charge is -2.32. The smallest absolute Gasteiger partial charge is 0.268 e. The van der Waals surface area contributed by atoms with Crippen molar-refractivity contribution in [1.29, 1.82) is 0 Å². The van der Waals surface area contributed by atoms with Crippen LogP contribution in [0.5, 0.6) is 5.88 Å². The Bertz CT molecular complexity index is 923. The van der Waals surface area contributed by atoms with Crippen molar-refractivity contribution >= 4 is 22.9 Å². The summed E-state index contributed by atoms with van der Waals surface area (Å²) < 4.78 is 18.8. The van der Waals surface area contributed by atoms with Gasteiger partial charge in [0.1, 0.15) is 17.6 Å². The van der Waals surface area contributed by atoms with Gasteiger partial charge in [0, 0.05) is 11.1 Å². The fourth-order valence-electron chi connectivity index (χ4n) is 2.81. The van der Waals surface area contributed by atoms with Crippen LogP contribution in [-0.2, 0) is 0 Å². The van der Waals surface area contributed by atoms with Crippen LogP contribution in [0.1, 0.15) is 16.6 Å². The summed E-state index contributed by atoms with van der Waals surface area (Å²) in [4.78, 5) is 20.5. The molecule has 1 atom stereocenters. The quantitative estimate of drug-likeness (QED) is 0.686. The monoisotopic (exact) mass is 354 g/mol. The van der Waals surface area contributed by atoms with Crippen molar-refractivity contribution in [2.24, 2.45) is 0 Å². The lowest BCUT2D eigenvalue weighted by molar-refractivity contribution is 0.0962. The summed E-state index contributed by atoms with van der Waals surface area (Å²) in [5.41, 5.74) is 1.57. The number of benzene rings is 1. The lowest BCUT2D eigenvalue weighted by atomic mass is 10.2. The van der Waals surface area contributed by atoms with Gasteiger partial charge in [-0.1, -0.05) is 12.1 Å². The first-order valence-electron chi connectivity index (χ1n) is 7.91. The van der Waals surface area contributed by atoms with Crippen LogP contribution in [0, 0.1) is 5.82 Å². The van der Waals surface area contributed by atoms with Crippen LogP contribution in [0.3, 0.4) is 0 Å². The van der Waals surface area contributed by atoms with Gasteiger partial charge in [-0.05, 0) is 48.9 Å². The topological polar surface area (TPSA) is 42.4 Å². The maximum absolute atomic E-state index is 13.1. The molecule has 6 heteroatoms. The van der Waals surface area contributed by atoms with Gasteiger partial charge in [-0.25, -0.2) is 9.37 Å². The zero-order valence-electron chi connectivity index (χ0n) is 13.5. The Hall–Kier alpha value is -2.73. The molecule has 1 aliphatic heterocycles. The molecule has 3 aromatic rings. The number of halogens is 1. The Labute approximate surface area is 148 Å². The van der Waals surface area contributed by atoms with E-state index in [1.165, 1.54) is 23.5 Å². The van der Waals surface area contributed by atoms with Gasteiger partial charge in [0.15, 0.2) is 0 Å². The normalized spacial score (nSPS) is 16.2. The van der Waals surface area contributed by atoms with Crippen molar-refractivity contribution in [2.75, 3.05) is 11.4 Å². The number of aromatic nitrogens is 1. The Morgan fingerprint density at radius 1 is 1.24 bits per heavy atom. The van der Waals surface area contributed by atoms with Crippen LogP contribution >= 0.6 is 11.3 Å². The van der Waals surface area contributed by atoms with E-state index in [1.54, 1.807) is 29.3 Å². The zero-order chi connectivity index (χ0) is 17.4. The van der Waals surface area contributed by atoms with E-state index in [2.05, 4.69) is 4.98 Å². The minimum Gasteiger partial charge on any atom is -0.471 e. The average Bonchev–Trinajstić information content (AvgIpc) is 3.11. The van der Waals surface area contributed by atoms with Crippen molar-refractivity contribution in [3.8, 4) is 16.3 Å². The van der Waals surface area contributed by atoms with E-state index < -0.39 is 0 Å². The van der Waals surface area contributed by atoms with Crippen molar-refractivity contribution in [2.45, 2.75) is 13.0 Å². The van der Waals surface area contributed by atoms with Crippen molar-refractivity contribution in [3.63, 3.8) is 0 Å². The first-order chi connectivity index (χ1) is 12.1. The highest BCUT2D eigenvalue weighted by Gasteiger charge is 2.29. The van der Waals surface area contributed by atoms with Gasteiger partial charge >= 0.3 is 0 Å². The van der Waals surface area contributed by atoms with Crippen LogP contribution in [0.25, 0.3) is 10.4 Å². The summed E-state index contributed by atoms with van der Waals surface area (Å²) in [5, 5.41) is 0. The molecule has 0 unspecified atom stereocenters. The molecule has 25 heavy (non-hydrogen) atoms. The van der Waals surface area contributed by atoms with Crippen molar-refractivity contribution in [3.05, 3.63) is 65.4 Å². The van der Waals surface area contributed by atoms with Gasteiger partial charge in [-0.3, -0.25) is 9.69 Å². The maximum Gasteiger partial charge on any atom is 0.268 e.